The highest BCUT2D eigenvalue weighted by Gasteiger charge is 2.29. The summed E-state index contributed by atoms with van der Waals surface area (Å²) in [4.78, 5) is 16.6. The van der Waals surface area contributed by atoms with Crippen LogP contribution in [0.4, 0.5) is 4.79 Å². The first-order chi connectivity index (χ1) is 14.7. The van der Waals surface area contributed by atoms with Gasteiger partial charge in [0.05, 0.1) is 0 Å². The third-order valence-electron chi connectivity index (χ3n) is 5.48. The minimum Gasteiger partial charge on any atom is -0.489 e. The summed E-state index contributed by atoms with van der Waals surface area (Å²) in [5.74, 6) is 0.909. The summed E-state index contributed by atoms with van der Waals surface area (Å²) in [6, 6.07) is 16.5. The van der Waals surface area contributed by atoms with Crippen molar-refractivity contribution in [2.75, 3.05) is 20.1 Å². The molecule has 0 spiro atoms. The van der Waals surface area contributed by atoms with Crippen LogP contribution in [0.3, 0.4) is 0 Å². The number of hydrogen-bond acceptors (Lipinski definition) is 4. The summed E-state index contributed by atoms with van der Waals surface area (Å²) >= 11 is 3.71. The summed E-state index contributed by atoms with van der Waals surface area (Å²) < 4.78 is 12.7. The Morgan fingerprint density at radius 1 is 1.10 bits per heavy atom. The minimum absolute atomic E-state index is 0.208. The van der Waals surface area contributed by atoms with E-state index in [9.17, 15) is 4.79 Å². The van der Waals surface area contributed by atoms with Crippen LogP contribution in [-0.4, -0.2) is 47.7 Å². The van der Waals surface area contributed by atoms with E-state index in [2.05, 4.69) is 39.0 Å². The zero-order chi connectivity index (χ0) is 22.4. The highest BCUT2D eigenvalue weighted by molar-refractivity contribution is 9.10. The third-order valence-corrected chi connectivity index (χ3v) is 6.22. The monoisotopic (exact) mass is 488 g/mol. The molecule has 2 aromatic carbocycles. The highest BCUT2D eigenvalue weighted by atomic mass is 79.9. The fourth-order valence-corrected chi connectivity index (χ4v) is 4.21. The lowest BCUT2D eigenvalue weighted by atomic mass is 10.0. The summed E-state index contributed by atoms with van der Waals surface area (Å²) in [5.41, 5.74) is 1.85. The van der Waals surface area contributed by atoms with E-state index in [1.54, 1.807) is 4.90 Å². The Labute approximate surface area is 194 Å². The van der Waals surface area contributed by atoms with Gasteiger partial charge in [-0.2, -0.15) is 0 Å². The summed E-state index contributed by atoms with van der Waals surface area (Å²) in [6.07, 6.45) is 1.62. The SMILES string of the molecule is CN(C(=O)OC(C)(C)C)C1CCN(Cc2c(Br)cccc2OCc2ccccc2)CC1. The standard InChI is InChI=1S/C25H33BrN2O3/c1-25(2,3)31-24(29)27(4)20-13-15-28(16-14-20)17-21-22(26)11-8-12-23(21)30-18-19-9-6-5-7-10-19/h5-12,20H,13-18H2,1-4H3. The Morgan fingerprint density at radius 3 is 2.42 bits per heavy atom. The quantitative estimate of drug-likeness (QED) is 0.510. The van der Waals surface area contributed by atoms with Gasteiger partial charge in [0.1, 0.15) is 18.0 Å². The Hall–Kier alpha value is -2.05. The molecule has 1 saturated heterocycles. The number of amides is 1. The highest BCUT2D eigenvalue weighted by Crippen LogP contribution is 2.30. The number of halogens is 1. The van der Waals surface area contributed by atoms with E-state index < -0.39 is 5.60 Å². The normalized spacial score (nSPS) is 15.5. The molecule has 0 N–H and O–H groups in total. The molecule has 5 nitrogen and oxygen atoms in total. The number of rotatable bonds is 6. The first-order valence-corrected chi connectivity index (χ1v) is 11.6. The lowest BCUT2D eigenvalue weighted by molar-refractivity contribution is 0.0148. The van der Waals surface area contributed by atoms with Gasteiger partial charge in [0.25, 0.3) is 0 Å². The van der Waals surface area contributed by atoms with Crippen molar-refractivity contribution in [2.24, 2.45) is 0 Å². The van der Waals surface area contributed by atoms with Gasteiger partial charge in [-0.05, 0) is 51.3 Å². The molecular weight excluding hydrogens is 456 g/mol. The van der Waals surface area contributed by atoms with Gasteiger partial charge in [-0.15, -0.1) is 0 Å². The average molecular weight is 489 g/mol. The lowest BCUT2D eigenvalue weighted by Crippen LogP contribution is -2.46. The molecule has 3 rings (SSSR count). The van der Waals surface area contributed by atoms with Crippen LogP contribution >= 0.6 is 15.9 Å². The van der Waals surface area contributed by atoms with Crippen molar-refractivity contribution in [3.05, 3.63) is 64.1 Å². The number of ether oxygens (including phenoxy) is 2. The molecule has 168 valence electrons. The molecule has 1 amide bonds. The Kier molecular flexibility index (Phi) is 8.00. The Bertz CT molecular complexity index is 859. The first-order valence-electron chi connectivity index (χ1n) is 10.9. The first kappa shape index (κ1) is 23.6. The van der Waals surface area contributed by atoms with Crippen LogP contribution in [0, 0.1) is 0 Å². The number of piperidine rings is 1. The molecule has 6 heteroatoms. The molecule has 1 heterocycles. The molecule has 0 radical (unpaired) electrons. The van der Waals surface area contributed by atoms with E-state index in [4.69, 9.17) is 9.47 Å². The number of hydrogen-bond donors (Lipinski definition) is 0. The van der Waals surface area contributed by atoms with Crippen LogP contribution in [0.15, 0.2) is 53.0 Å². The zero-order valence-corrected chi connectivity index (χ0v) is 20.5. The summed E-state index contributed by atoms with van der Waals surface area (Å²) in [7, 11) is 1.84. The second kappa shape index (κ2) is 10.5. The second-order valence-corrected chi connectivity index (χ2v) is 9.94. The van der Waals surface area contributed by atoms with Crippen molar-refractivity contribution >= 4 is 22.0 Å². The molecule has 0 aliphatic carbocycles. The van der Waals surface area contributed by atoms with E-state index in [0.29, 0.717) is 6.61 Å². The van der Waals surface area contributed by atoms with Gasteiger partial charge in [0.15, 0.2) is 0 Å². The molecule has 1 fully saturated rings. The van der Waals surface area contributed by atoms with E-state index >= 15 is 0 Å². The number of nitrogens with zero attached hydrogens (tertiary/aromatic N) is 2. The van der Waals surface area contributed by atoms with Gasteiger partial charge in [0.2, 0.25) is 0 Å². The van der Waals surface area contributed by atoms with E-state index in [0.717, 1.165) is 53.8 Å². The number of carbonyl (C=O) groups excluding carboxylic acids is 1. The third kappa shape index (κ3) is 6.97. The van der Waals surface area contributed by atoms with E-state index in [-0.39, 0.29) is 12.1 Å². The van der Waals surface area contributed by atoms with Gasteiger partial charge in [0, 0.05) is 42.8 Å². The molecule has 31 heavy (non-hydrogen) atoms. The maximum absolute atomic E-state index is 12.4. The van der Waals surface area contributed by atoms with Crippen LogP contribution in [0.1, 0.15) is 44.7 Å². The molecule has 0 aromatic heterocycles. The molecule has 0 atom stereocenters. The van der Waals surface area contributed by atoms with Crippen LogP contribution in [0.25, 0.3) is 0 Å². The van der Waals surface area contributed by atoms with E-state index in [1.807, 2.05) is 58.2 Å². The zero-order valence-electron chi connectivity index (χ0n) is 18.9. The van der Waals surface area contributed by atoms with Crippen LogP contribution in [0.5, 0.6) is 5.75 Å². The average Bonchev–Trinajstić information content (AvgIpc) is 2.73. The van der Waals surface area contributed by atoms with Crippen molar-refractivity contribution in [3.63, 3.8) is 0 Å². The van der Waals surface area contributed by atoms with Gasteiger partial charge >= 0.3 is 6.09 Å². The second-order valence-electron chi connectivity index (χ2n) is 9.09. The fourth-order valence-electron chi connectivity index (χ4n) is 3.73. The summed E-state index contributed by atoms with van der Waals surface area (Å²) in [5, 5.41) is 0. The largest absolute Gasteiger partial charge is 0.489 e. The molecule has 1 aliphatic rings. The summed E-state index contributed by atoms with van der Waals surface area (Å²) in [6.45, 7) is 8.92. The topological polar surface area (TPSA) is 42.0 Å². The molecule has 0 unspecified atom stereocenters. The van der Waals surface area contributed by atoms with Gasteiger partial charge in [-0.1, -0.05) is 52.3 Å². The molecule has 1 aliphatic heterocycles. The molecule has 2 aromatic rings. The maximum atomic E-state index is 12.4. The minimum atomic E-state index is -0.470. The Balaban J connectivity index is 1.57. The van der Waals surface area contributed by atoms with Gasteiger partial charge < -0.3 is 14.4 Å². The van der Waals surface area contributed by atoms with Crippen molar-refractivity contribution in [3.8, 4) is 5.75 Å². The number of carbonyl (C=O) groups is 1. The van der Waals surface area contributed by atoms with Crippen molar-refractivity contribution < 1.29 is 14.3 Å². The number of likely N-dealkylation sites (tertiary alicyclic amines) is 1. The smallest absolute Gasteiger partial charge is 0.410 e. The predicted octanol–water partition coefficient (Wildman–Crippen LogP) is 5.86. The molecule has 0 saturated carbocycles. The van der Waals surface area contributed by atoms with Crippen molar-refractivity contribution in [1.82, 2.24) is 9.80 Å². The molecule has 0 bridgehead atoms. The van der Waals surface area contributed by atoms with Crippen LogP contribution in [0.2, 0.25) is 0 Å². The van der Waals surface area contributed by atoms with Crippen LogP contribution < -0.4 is 4.74 Å². The predicted molar refractivity (Wildman–Crippen MR) is 127 cm³/mol. The van der Waals surface area contributed by atoms with E-state index in [1.165, 1.54) is 0 Å². The van der Waals surface area contributed by atoms with Gasteiger partial charge in [-0.3, -0.25) is 4.90 Å². The van der Waals surface area contributed by atoms with Crippen molar-refractivity contribution in [2.45, 2.75) is 58.4 Å². The number of benzene rings is 2. The lowest BCUT2D eigenvalue weighted by Gasteiger charge is -2.37. The fraction of sp³-hybridized carbons (Fsp3) is 0.480. The molecular formula is C25H33BrN2O3. The maximum Gasteiger partial charge on any atom is 0.410 e. The van der Waals surface area contributed by atoms with Crippen LogP contribution in [-0.2, 0) is 17.9 Å². The Morgan fingerprint density at radius 2 is 1.77 bits per heavy atom. The van der Waals surface area contributed by atoms with Gasteiger partial charge in [-0.25, -0.2) is 4.79 Å². The van der Waals surface area contributed by atoms with Crippen molar-refractivity contribution in [1.29, 1.82) is 0 Å².